The molecule has 1 heterocycles. The first-order chi connectivity index (χ1) is 9.45. The Morgan fingerprint density at radius 3 is 2.85 bits per heavy atom. The van der Waals surface area contributed by atoms with E-state index in [0.29, 0.717) is 17.3 Å². The normalized spacial score (nSPS) is 18.3. The second-order valence-electron chi connectivity index (χ2n) is 4.28. The van der Waals surface area contributed by atoms with Crippen molar-refractivity contribution in [1.82, 2.24) is 9.73 Å². The molecule has 1 N–H and O–H groups in total. The molecule has 8 heteroatoms. The van der Waals surface area contributed by atoms with Crippen molar-refractivity contribution in [1.29, 1.82) is 0 Å². The molecule has 1 aromatic rings. The van der Waals surface area contributed by atoms with Crippen LogP contribution in [0.25, 0.3) is 0 Å². The summed E-state index contributed by atoms with van der Waals surface area (Å²) in [6, 6.07) is 5.48. The van der Waals surface area contributed by atoms with Crippen molar-refractivity contribution >= 4 is 38.2 Å². The fraction of sp³-hybridized carbons (Fsp3) is 0.333. The van der Waals surface area contributed by atoms with E-state index < -0.39 is 16.1 Å². The smallest absolute Gasteiger partial charge is 0.246 e. The number of benzene rings is 1. The summed E-state index contributed by atoms with van der Waals surface area (Å²) in [5.74, 6) is 0. The van der Waals surface area contributed by atoms with E-state index in [-0.39, 0.29) is 10.9 Å². The molecule has 1 atom stereocenters. The molecule has 0 saturated carbocycles. The van der Waals surface area contributed by atoms with Gasteiger partial charge in [-0.05, 0) is 34.5 Å². The van der Waals surface area contributed by atoms with Crippen LogP contribution in [0, 0.1) is 0 Å². The largest absolute Gasteiger partial charge is 0.351 e. The monoisotopic (exact) mass is 359 g/mol. The Labute approximate surface area is 126 Å². The fourth-order valence-corrected chi connectivity index (χ4v) is 3.83. The van der Waals surface area contributed by atoms with Gasteiger partial charge in [-0.15, -0.1) is 0 Å². The molecule has 2 amide bonds. The second-order valence-corrected chi connectivity index (χ2v) is 6.79. The predicted octanol–water partition coefficient (Wildman–Crippen LogP) is 2.32. The van der Waals surface area contributed by atoms with Gasteiger partial charge in [0.25, 0.3) is 10.0 Å². The number of hydrogen-bond donors (Lipinski definition) is 1. The van der Waals surface area contributed by atoms with E-state index in [0.717, 1.165) is 0 Å². The summed E-state index contributed by atoms with van der Waals surface area (Å²) in [6.45, 7) is 1.92. The topological polar surface area (TPSA) is 78.8 Å². The van der Waals surface area contributed by atoms with Gasteiger partial charge in [-0.1, -0.05) is 19.1 Å². The SMILES string of the molecule is CCC1CC=NN1C(=O)NS(=O)(=O)c1ccccc1Br. The molecule has 0 bridgehead atoms. The third-order valence-electron chi connectivity index (χ3n) is 2.96. The Kier molecular flexibility index (Phi) is 4.44. The van der Waals surface area contributed by atoms with Gasteiger partial charge in [-0.3, -0.25) is 0 Å². The number of hydrogen-bond acceptors (Lipinski definition) is 4. The zero-order chi connectivity index (χ0) is 14.8. The summed E-state index contributed by atoms with van der Waals surface area (Å²) in [5.41, 5.74) is 0. The molecule has 20 heavy (non-hydrogen) atoms. The lowest BCUT2D eigenvalue weighted by molar-refractivity contribution is 0.190. The third kappa shape index (κ3) is 3.01. The van der Waals surface area contributed by atoms with Gasteiger partial charge in [0.1, 0.15) is 4.90 Å². The van der Waals surface area contributed by atoms with Crippen LogP contribution in [0.3, 0.4) is 0 Å². The van der Waals surface area contributed by atoms with E-state index in [4.69, 9.17) is 0 Å². The van der Waals surface area contributed by atoms with Gasteiger partial charge in [0.2, 0.25) is 0 Å². The highest BCUT2D eigenvalue weighted by atomic mass is 79.9. The number of nitrogens with one attached hydrogen (secondary N) is 1. The van der Waals surface area contributed by atoms with Crippen molar-refractivity contribution < 1.29 is 13.2 Å². The number of carbonyl (C=O) groups is 1. The van der Waals surface area contributed by atoms with E-state index in [1.165, 1.54) is 11.1 Å². The second kappa shape index (κ2) is 5.92. The Balaban J connectivity index is 2.19. The lowest BCUT2D eigenvalue weighted by Gasteiger charge is -2.20. The molecule has 0 spiro atoms. The van der Waals surface area contributed by atoms with Crippen LogP contribution >= 0.6 is 15.9 Å². The van der Waals surface area contributed by atoms with Crippen LogP contribution in [0.2, 0.25) is 0 Å². The first kappa shape index (κ1) is 15.0. The highest BCUT2D eigenvalue weighted by molar-refractivity contribution is 9.10. The van der Waals surface area contributed by atoms with Gasteiger partial charge in [-0.25, -0.2) is 22.9 Å². The van der Waals surface area contributed by atoms with E-state index in [2.05, 4.69) is 21.0 Å². The van der Waals surface area contributed by atoms with Gasteiger partial charge in [0.15, 0.2) is 0 Å². The molecule has 108 valence electrons. The van der Waals surface area contributed by atoms with Crippen molar-refractivity contribution in [2.75, 3.05) is 0 Å². The summed E-state index contributed by atoms with van der Waals surface area (Å²) in [4.78, 5) is 12.0. The molecule has 1 aliphatic heterocycles. The van der Waals surface area contributed by atoms with Crippen molar-refractivity contribution in [2.24, 2.45) is 5.10 Å². The molecule has 1 aromatic carbocycles. The predicted molar refractivity (Wildman–Crippen MR) is 78.9 cm³/mol. The van der Waals surface area contributed by atoms with Gasteiger partial charge in [0, 0.05) is 17.1 Å². The molecule has 1 unspecified atom stereocenters. The van der Waals surface area contributed by atoms with Crippen molar-refractivity contribution in [3.8, 4) is 0 Å². The van der Waals surface area contributed by atoms with E-state index in [1.807, 2.05) is 11.6 Å². The Morgan fingerprint density at radius 2 is 2.20 bits per heavy atom. The van der Waals surface area contributed by atoms with Crippen LogP contribution in [0.5, 0.6) is 0 Å². The maximum atomic E-state index is 12.2. The van der Waals surface area contributed by atoms with E-state index in [1.54, 1.807) is 24.4 Å². The molecule has 0 radical (unpaired) electrons. The van der Waals surface area contributed by atoms with Gasteiger partial charge in [0.05, 0.1) is 6.04 Å². The zero-order valence-electron chi connectivity index (χ0n) is 10.8. The quantitative estimate of drug-likeness (QED) is 0.899. The van der Waals surface area contributed by atoms with Crippen LogP contribution in [0.1, 0.15) is 19.8 Å². The average Bonchev–Trinajstić information content (AvgIpc) is 2.86. The number of carbonyl (C=O) groups excluding carboxylic acids is 1. The van der Waals surface area contributed by atoms with Crippen molar-refractivity contribution in [3.63, 3.8) is 0 Å². The number of nitrogens with zero attached hydrogens (tertiary/aromatic N) is 2. The summed E-state index contributed by atoms with van der Waals surface area (Å²) < 4.78 is 26.8. The van der Waals surface area contributed by atoms with Crippen LogP contribution in [-0.4, -0.2) is 31.7 Å². The summed E-state index contributed by atoms with van der Waals surface area (Å²) in [5, 5.41) is 5.08. The highest BCUT2D eigenvalue weighted by Crippen LogP contribution is 2.21. The molecular formula is C12H14BrN3O3S. The lowest BCUT2D eigenvalue weighted by atomic mass is 10.2. The number of halogens is 1. The Hall–Kier alpha value is -1.41. The summed E-state index contributed by atoms with van der Waals surface area (Å²) in [6.07, 6.45) is 2.96. The van der Waals surface area contributed by atoms with Gasteiger partial charge in [-0.2, -0.15) is 5.10 Å². The zero-order valence-corrected chi connectivity index (χ0v) is 13.2. The first-order valence-electron chi connectivity index (χ1n) is 6.08. The highest BCUT2D eigenvalue weighted by Gasteiger charge is 2.29. The van der Waals surface area contributed by atoms with Crippen molar-refractivity contribution in [2.45, 2.75) is 30.7 Å². The molecule has 1 aliphatic rings. The standard InChI is InChI=1S/C12H14BrN3O3S/c1-2-9-7-8-14-16(9)12(17)15-20(18,19)11-6-4-3-5-10(11)13/h3-6,8-9H,2,7H2,1H3,(H,15,17). The molecule has 6 nitrogen and oxygen atoms in total. The minimum Gasteiger partial charge on any atom is -0.246 e. The number of amides is 2. The lowest BCUT2D eigenvalue weighted by Crippen LogP contribution is -2.43. The molecule has 0 fully saturated rings. The van der Waals surface area contributed by atoms with Crippen LogP contribution < -0.4 is 4.72 Å². The maximum absolute atomic E-state index is 12.2. The summed E-state index contributed by atoms with van der Waals surface area (Å²) in [7, 11) is -3.92. The number of hydrazone groups is 1. The third-order valence-corrected chi connectivity index (χ3v) is 5.29. The number of urea groups is 1. The van der Waals surface area contributed by atoms with Crippen LogP contribution in [0.15, 0.2) is 38.7 Å². The molecular weight excluding hydrogens is 346 g/mol. The molecule has 2 rings (SSSR count). The molecule has 0 saturated heterocycles. The van der Waals surface area contributed by atoms with Crippen molar-refractivity contribution in [3.05, 3.63) is 28.7 Å². The Morgan fingerprint density at radius 1 is 1.50 bits per heavy atom. The number of sulfonamides is 1. The van der Waals surface area contributed by atoms with Crippen LogP contribution in [0.4, 0.5) is 4.79 Å². The number of rotatable bonds is 3. The molecule has 0 aliphatic carbocycles. The Bertz CT molecular complexity index is 645. The van der Waals surface area contributed by atoms with E-state index in [9.17, 15) is 13.2 Å². The molecule has 0 aromatic heterocycles. The minimum absolute atomic E-state index is 0.0181. The first-order valence-corrected chi connectivity index (χ1v) is 8.36. The van der Waals surface area contributed by atoms with Gasteiger partial charge < -0.3 is 0 Å². The van der Waals surface area contributed by atoms with Gasteiger partial charge >= 0.3 is 6.03 Å². The van der Waals surface area contributed by atoms with Crippen LogP contribution in [-0.2, 0) is 10.0 Å². The minimum atomic E-state index is -3.92. The summed E-state index contributed by atoms with van der Waals surface area (Å²) >= 11 is 3.16. The average molecular weight is 360 g/mol. The van der Waals surface area contributed by atoms with E-state index >= 15 is 0 Å². The fourth-order valence-electron chi connectivity index (χ4n) is 1.89. The maximum Gasteiger partial charge on any atom is 0.351 e.